The Hall–Kier alpha value is -2.04. The molecule has 1 rings (SSSR count). The van der Waals surface area contributed by atoms with E-state index >= 15 is 0 Å². The molecule has 0 saturated carbocycles. The Morgan fingerprint density at radius 3 is 2.19 bits per heavy atom. The van der Waals surface area contributed by atoms with E-state index in [1.807, 2.05) is 13.8 Å². The molecule has 0 spiro atoms. The molecule has 0 saturated heterocycles. The van der Waals surface area contributed by atoms with Crippen LogP contribution in [0.5, 0.6) is 0 Å². The predicted molar refractivity (Wildman–Crippen MR) is 102 cm³/mol. The van der Waals surface area contributed by atoms with Gasteiger partial charge in [0.25, 0.3) is 11.4 Å². The van der Waals surface area contributed by atoms with E-state index in [1.165, 1.54) is 12.1 Å². The average Bonchev–Trinajstić information content (AvgIpc) is 2.59. The maximum absolute atomic E-state index is 11.2. The number of hydrogen-bond acceptors (Lipinski definition) is 7. The van der Waals surface area contributed by atoms with Crippen molar-refractivity contribution >= 4 is 25.6 Å². The quantitative estimate of drug-likeness (QED) is 0.234. The number of anilines is 1. The molecule has 0 atom stereocenters. The van der Waals surface area contributed by atoms with Gasteiger partial charge in [0, 0.05) is 25.8 Å². The second-order valence-electron chi connectivity index (χ2n) is 5.77. The summed E-state index contributed by atoms with van der Waals surface area (Å²) in [7, 11) is -2.26. The van der Waals surface area contributed by atoms with Gasteiger partial charge in [0.05, 0.1) is 15.9 Å². The number of nitrogens with zero attached hydrogens (tertiary/aromatic N) is 2. The van der Waals surface area contributed by atoms with Gasteiger partial charge in [-0.3, -0.25) is 20.2 Å². The molecular weight excluding hydrogens is 358 g/mol. The number of rotatable bonds is 13. The Labute approximate surface area is 154 Å². The third-order valence-electron chi connectivity index (χ3n) is 3.88. The molecule has 0 bridgehead atoms. The van der Waals surface area contributed by atoms with Crippen LogP contribution in [-0.4, -0.2) is 38.2 Å². The summed E-state index contributed by atoms with van der Waals surface area (Å²) in [4.78, 5) is 20.7. The molecule has 0 aliphatic heterocycles. The molecule has 10 heteroatoms. The van der Waals surface area contributed by atoms with Crippen molar-refractivity contribution < 1.29 is 18.7 Å². The standard InChI is InChI=1S/C16H27N3O6Si/c1-4-11-26(24-5-2,25-6-3)12-7-10-17-15-9-8-14(18(20)21)13-16(15)19(22)23/h8-9,13,17H,4-7,10-12H2,1-3H3. The van der Waals surface area contributed by atoms with E-state index in [2.05, 4.69) is 12.2 Å². The molecule has 0 aromatic heterocycles. The Morgan fingerprint density at radius 1 is 1.04 bits per heavy atom. The van der Waals surface area contributed by atoms with Crippen LogP contribution < -0.4 is 5.32 Å². The van der Waals surface area contributed by atoms with E-state index in [0.29, 0.717) is 19.8 Å². The molecule has 0 unspecified atom stereocenters. The van der Waals surface area contributed by atoms with Crippen LogP contribution in [-0.2, 0) is 8.85 Å². The van der Waals surface area contributed by atoms with Crippen molar-refractivity contribution in [1.82, 2.24) is 0 Å². The lowest BCUT2D eigenvalue weighted by Gasteiger charge is -2.30. The van der Waals surface area contributed by atoms with Crippen molar-refractivity contribution in [3.63, 3.8) is 0 Å². The van der Waals surface area contributed by atoms with Gasteiger partial charge in [0.1, 0.15) is 5.69 Å². The van der Waals surface area contributed by atoms with Crippen LogP contribution in [0.25, 0.3) is 0 Å². The molecule has 26 heavy (non-hydrogen) atoms. The second kappa shape index (κ2) is 10.8. The summed E-state index contributed by atoms with van der Waals surface area (Å²) >= 11 is 0. The molecule has 9 nitrogen and oxygen atoms in total. The topological polar surface area (TPSA) is 117 Å². The Kier molecular flexibility index (Phi) is 9.17. The van der Waals surface area contributed by atoms with Crippen molar-refractivity contribution in [2.45, 2.75) is 45.7 Å². The first-order valence-corrected chi connectivity index (χ1v) is 11.1. The van der Waals surface area contributed by atoms with Crippen molar-refractivity contribution in [1.29, 1.82) is 0 Å². The predicted octanol–water partition coefficient (Wildman–Crippen LogP) is 4.23. The molecule has 0 amide bonds. The maximum Gasteiger partial charge on any atom is 0.338 e. The SMILES string of the molecule is CCC[Si](CCCNc1ccc([N+](=O)[O-])cc1[N+](=O)[O-])(OCC)OCC. The minimum absolute atomic E-state index is 0.274. The fraction of sp³-hybridized carbons (Fsp3) is 0.625. The van der Waals surface area contributed by atoms with E-state index in [4.69, 9.17) is 8.85 Å². The zero-order valence-corrected chi connectivity index (χ0v) is 16.5. The largest absolute Gasteiger partial charge is 0.394 e. The molecular formula is C16H27N3O6Si. The van der Waals surface area contributed by atoms with E-state index in [9.17, 15) is 20.2 Å². The van der Waals surface area contributed by atoms with Gasteiger partial charge < -0.3 is 14.2 Å². The molecule has 0 aliphatic carbocycles. The summed E-state index contributed by atoms with van der Waals surface area (Å²) < 4.78 is 11.9. The molecule has 0 aliphatic rings. The van der Waals surface area contributed by atoms with Gasteiger partial charge in [-0.05, 0) is 38.4 Å². The molecule has 146 valence electrons. The molecule has 1 aromatic carbocycles. The van der Waals surface area contributed by atoms with E-state index in [-0.39, 0.29) is 17.1 Å². The lowest BCUT2D eigenvalue weighted by atomic mass is 10.2. The highest BCUT2D eigenvalue weighted by molar-refractivity contribution is 6.67. The summed E-state index contributed by atoms with van der Waals surface area (Å²) in [6.07, 6.45) is 1.72. The van der Waals surface area contributed by atoms with Gasteiger partial charge in [-0.1, -0.05) is 13.3 Å². The Balaban J connectivity index is 2.74. The zero-order chi connectivity index (χ0) is 19.6. The van der Waals surface area contributed by atoms with Crippen LogP contribution in [0, 0.1) is 20.2 Å². The van der Waals surface area contributed by atoms with Crippen molar-refractivity contribution in [3.05, 3.63) is 38.4 Å². The molecule has 1 N–H and O–H groups in total. The second-order valence-corrected chi connectivity index (χ2v) is 9.17. The summed E-state index contributed by atoms with van der Waals surface area (Å²) in [5, 5.41) is 24.9. The highest BCUT2D eigenvalue weighted by atomic mass is 28.4. The van der Waals surface area contributed by atoms with Crippen molar-refractivity contribution in [2.24, 2.45) is 0 Å². The highest BCUT2D eigenvalue weighted by Crippen LogP contribution is 2.29. The molecule has 0 fully saturated rings. The number of nitrogens with one attached hydrogen (secondary N) is 1. The molecule has 0 heterocycles. The van der Waals surface area contributed by atoms with E-state index in [1.54, 1.807) is 0 Å². The summed E-state index contributed by atoms with van der Waals surface area (Å²) in [5.74, 6) is 0. The summed E-state index contributed by atoms with van der Waals surface area (Å²) in [6, 6.07) is 5.30. The number of nitro groups is 2. The van der Waals surface area contributed by atoms with Crippen LogP contribution in [0.4, 0.5) is 17.1 Å². The van der Waals surface area contributed by atoms with Gasteiger partial charge in [-0.25, -0.2) is 0 Å². The number of benzene rings is 1. The van der Waals surface area contributed by atoms with Crippen LogP contribution in [0.2, 0.25) is 12.1 Å². The van der Waals surface area contributed by atoms with Crippen LogP contribution in [0.15, 0.2) is 18.2 Å². The fourth-order valence-corrected chi connectivity index (χ4v) is 6.32. The number of nitro benzene ring substituents is 2. The van der Waals surface area contributed by atoms with E-state index < -0.39 is 18.4 Å². The van der Waals surface area contributed by atoms with Gasteiger partial charge in [0.15, 0.2) is 0 Å². The average molecular weight is 385 g/mol. The van der Waals surface area contributed by atoms with Crippen molar-refractivity contribution in [2.75, 3.05) is 25.1 Å². The Bertz CT molecular complexity index is 597. The normalized spacial score (nSPS) is 11.3. The Morgan fingerprint density at radius 2 is 1.69 bits per heavy atom. The summed E-state index contributed by atoms with van der Waals surface area (Å²) in [5.41, 5.74) is -0.327. The minimum atomic E-state index is -2.26. The monoisotopic (exact) mass is 385 g/mol. The maximum atomic E-state index is 11.2. The van der Waals surface area contributed by atoms with Crippen LogP contribution in [0.1, 0.15) is 33.6 Å². The van der Waals surface area contributed by atoms with Crippen LogP contribution in [0.3, 0.4) is 0 Å². The molecule has 0 radical (unpaired) electrons. The lowest BCUT2D eigenvalue weighted by molar-refractivity contribution is -0.393. The first-order chi connectivity index (χ1) is 12.4. The highest BCUT2D eigenvalue weighted by Gasteiger charge is 2.35. The fourth-order valence-electron chi connectivity index (χ4n) is 2.88. The number of non-ortho nitro benzene ring substituents is 1. The van der Waals surface area contributed by atoms with Gasteiger partial charge >= 0.3 is 8.56 Å². The van der Waals surface area contributed by atoms with Gasteiger partial charge in [-0.2, -0.15) is 0 Å². The smallest absolute Gasteiger partial charge is 0.338 e. The first kappa shape index (κ1) is 22.0. The lowest BCUT2D eigenvalue weighted by Crippen LogP contribution is -2.42. The minimum Gasteiger partial charge on any atom is -0.394 e. The third-order valence-corrected chi connectivity index (χ3v) is 7.89. The summed E-state index contributed by atoms with van der Waals surface area (Å²) in [6.45, 7) is 7.71. The van der Waals surface area contributed by atoms with Crippen molar-refractivity contribution in [3.8, 4) is 0 Å². The first-order valence-electron chi connectivity index (χ1n) is 8.83. The third kappa shape index (κ3) is 6.35. The molecule has 1 aromatic rings. The number of hydrogen-bond donors (Lipinski definition) is 1. The van der Waals surface area contributed by atoms with E-state index in [0.717, 1.165) is 31.0 Å². The van der Waals surface area contributed by atoms with Gasteiger partial charge in [0.2, 0.25) is 0 Å². The zero-order valence-electron chi connectivity index (χ0n) is 15.5. The van der Waals surface area contributed by atoms with Crippen LogP contribution >= 0.6 is 0 Å². The van der Waals surface area contributed by atoms with Gasteiger partial charge in [-0.15, -0.1) is 0 Å².